The SMILES string of the molecule is O=C(O)c1csc(-n2nc(/C=C\c3ccccc3)cc2C(F)(F)F)n1. The summed E-state index contributed by atoms with van der Waals surface area (Å²) < 4.78 is 40.4. The maximum atomic E-state index is 13.3. The van der Waals surface area contributed by atoms with Gasteiger partial charge < -0.3 is 5.11 Å². The van der Waals surface area contributed by atoms with Crippen LogP contribution >= 0.6 is 11.3 Å². The summed E-state index contributed by atoms with van der Waals surface area (Å²) >= 11 is 0.773. The second-order valence-corrected chi connectivity index (χ2v) is 5.77. The minimum absolute atomic E-state index is 0.0863. The van der Waals surface area contributed by atoms with Crippen molar-refractivity contribution in [2.75, 3.05) is 0 Å². The third-order valence-corrected chi connectivity index (χ3v) is 3.97. The fraction of sp³-hybridized carbons (Fsp3) is 0.0625. The number of aromatic nitrogens is 3. The predicted octanol–water partition coefficient (Wildman–Crippen LogP) is 4.22. The number of carbonyl (C=O) groups is 1. The van der Waals surface area contributed by atoms with Crippen molar-refractivity contribution in [3.05, 3.63) is 64.4 Å². The lowest BCUT2D eigenvalue weighted by Crippen LogP contribution is -2.13. The zero-order valence-electron chi connectivity index (χ0n) is 12.4. The van der Waals surface area contributed by atoms with E-state index >= 15 is 0 Å². The Morgan fingerprint density at radius 2 is 1.92 bits per heavy atom. The first-order valence-electron chi connectivity index (χ1n) is 6.94. The Labute approximate surface area is 143 Å². The molecule has 2 heterocycles. The molecule has 3 aromatic rings. The van der Waals surface area contributed by atoms with Gasteiger partial charge in [-0.25, -0.2) is 14.5 Å². The van der Waals surface area contributed by atoms with Crippen molar-refractivity contribution in [3.8, 4) is 5.13 Å². The molecule has 9 heteroatoms. The van der Waals surface area contributed by atoms with Crippen molar-refractivity contribution < 1.29 is 23.1 Å². The molecule has 1 N–H and O–H groups in total. The van der Waals surface area contributed by atoms with Crippen LogP contribution in [0.4, 0.5) is 13.2 Å². The van der Waals surface area contributed by atoms with Crippen molar-refractivity contribution in [2.45, 2.75) is 6.18 Å². The molecule has 0 unspecified atom stereocenters. The second-order valence-electron chi connectivity index (χ2n) is 4.93. The molecule has 0 aliphatic rings. The number of alkyl halides is 3. The van der Waals surface area contributed by atoms with Crippen LogP contribution in [0.5, 0.6) is 0 Å². The lowest BCUT2D eigenvalue weighted by Gasteiger charge is -2.06. The van der Waals surface area contributed by atoms with Crippen LogP contribution in [0.2, 0.25) is 0 Å². The van der Waals surface area contributed by atoms with E-state index in [0.29, 0.717) is 4.68 Å². The number of rotatable bonds is 4. The average molecular weight is 365 g/mol. The molecule has 0 aliphatic heterocycles. The third kappa shape index (κ3) is 3.77. The van der Waals surface area contributed by atoms with E-state index in [1.165, 1.54) is 11.5 Å². The highest BCUT2D eigenvalue weighted by Crippen LogP contribution is 2.32. The smallest absolute Gasteiger partial charge is 0.433 e. The Bertz CT molecular complexity index is 930. The number of carboxylic acid groups (broad SMARTS) is 1. The fourth-order valence-electron chi connectivity index (χ4n) is 2.03. The molecule has 5 nitrogen and oxygen atoms in total. The summed E-state index contributed by atoms with van der Waals surface area (Å²) in [6.07, 6.45) is -1.56. The monoisotopic (exact) mass is 365 g/mol. The maximum absolute atomic E-state index is 13.3. The standard InChI is InChI=1S/C16H10F3N3O2S/c17-16(18,19)13-8-11(7-6-10-4-2-1-3-5-10)21-22(13)15-20-12(9-25-15)14(23)24/h1-9H,(H,23,24)/b7-6-. The molecule has 0 bridgehead atoms. The largest absolute Gasteiger partial charge is 0.476 e. The van der Waals surface area contributed by atoms with E-state index in [2.05, 4.69) is 10.1 Å². The van der Waals surface area contributed by atoms with Gasteiger partial charge in [0.15, 0.2) is 11.4 Å². The second kappa shape index (κ2) is 6.52. The van der Waals surface area contributed by atoms with Gasteiger partial charge in [-0.3, -0.25) is 0 Å². The van der Waals surface area contributed by atoms with Crippen LogP contribution in [0.3, 0.4) is 0 Å². The molecule has 0 saturated heterocycles. The normalized spacial score (nSPS) is 12.0. The molecule has 0 aliphatic carbocycles. The maximum Gasteiger partial charge on any atom is 0.433 e. The first-order chi connectivity index (χ1) is 11.8. The number of nitrogens with zero attached hydrogens (tertiary/aromatic N) is 3. The lowest BCUT2D eigenvalue weighted by molar-refractivity contribution is -0.142. The van der Waals surface area contributed by atoms with Gasteiger partial charge in [0.1, 0.15) is 0 Å². The lowest BCUT2D eigenvalue weighted by atomic mass is 10.2. The fourth-order valence-corrected chi connectivity index (χ4v) is 2.79. The molecular weight excluding hydrogens is 355 g/mol. The van der Waals surface area contributed by atoms with Gasteiger partial charge in [-0.05, 0) is 17.7 Å². The third-order valence-electron chi connectivity index (χ3n) is 3.16. The Morgan fingerprint density at radius 3 is 2.52 bits per heavy atom. The van der Waals surface area contributed by atoms with Gasteiger partial charge in [0, 0.05) is 5.38 Å². The summed E-state index contributed by atoms with van der Waals surface area (Å²) in [7, 11) is 0. The van der Waals surface area contributed by atoms with Crippen LogP contribution < -0.4 is 0 Å². The topological polar surface area (TPSA) is 68.0 Å². The van der Waals surface area contributed by atoms with Crippen molar-refractivity contribution >= 4 is 29.5 Å². The highest BCUT2D eigenvalue weighted by Gasteiger charge is 2.36. The van der Waals surface area contributed by atoms with Crippen LogP contribution in [0, 0.1) is 0 Å². The molecule has 0 atom stereocenters. The van der Waals surface area contributed by atoms with Crippen LogP contribution in [-0.2, 0) is 6.18 Å². The summed E-state index contributed by atoms with van der Waals surface area (Å²) in [4.78, 5) is 14.6. The number of benzene rings is 1. The van der Waals surface area contributed by atoms with E-state index in [1.807, 2.05) is 18.2 Å². The summed E-state index contributed by atoms with van der Waals surface area (Å²) in [6.45, 7) is 0. The molecule has 1 aromatic carbocycles. The molecular formula is C16H10F3N3O2S. The molecule has 0 fully saturated rings. The Balaban J connectivity index is 2.01. The summed E-state index contributed by atoms with van der Waals surface area (Å²) in [5.41, 5.74) is -0.451. The highest BCUT2D eigenvalue weighted by atomic mass is 32.1. The molecule has 128 valence electrons. The van der Waals surface area contributed by atoms with Gasteiger partial charge in [-0.1, -0.05) is 36.4 Å². The Kier molecular flexibility index (Phi) is 4.41. The van der Waals surface area contributed by atoms with E-state index in [9.17, 15) is 18.0 Å². The van der Waals surface area contributed by atoms with Gasteiger partial charge in [0.2, 0.25) is 5.13 Å². The first-order valence-corrected chi connectivity index (χ1v) is 7.82. The van der Waals surface area contributed by atoms with Crippen LogP contribution in [-0.4, -0.2) is 25.8 Å². The minimum Gasteiger partial charge on any atom is -0.476 e. The minimum atomic E-state index is -4.65. The number of aromatic carboxylic acids is 1. The zero-order chi connectivity index (χ0) is 18.0. The number of thiazole rings is 1. The number of hydrogen-bond acceptors (Lipinski definition) is 4. The number of halogens is 3. The van der Waals surface area contributed by atoms with E-state index in [0.717, 1.165) is 23.0 Å². The highest BCUT2D eigenvalue weighted by molar-refractivity contribution is 7.12. The van der Waals surface area contributed by atoms with Gasteiger partial charge in [0.05, 0.1) is 5.69 Å². The summed E-state index contributed by atoms with van der Waals surface area (Å²) in [5, 5.41) is 13.8. The van der Waals surface area contributed by atoms with Gasteiger partial charge >= 0.3 is 12.1 Å². The molecule has 0 radical (unpaired) electrons. The van der Waals surface area contributed by atoms with Crippen LogP contribution in [0.25, 0.3) is 17.3 Å². The summed E-state index contributed by atoms with van der Waals surface area (Å²) in [6, 6.07) is 9.94. The Morgan fingerprint density at radius 1 is 1.20 bits per heavy atom. The van der Waals surface area contributed by atoms with Gasteiger partial charge in [0.25, 0.3) is 0 Å². The van der Waals surface area contributed by atoms with Crippen LogP contribution in [0.1, 0.15) is 27.4 Å². The molecule has 3 rings (SSSR count). The number of hydrogen-bond donors (Lipinski definition) is 1. The quantitative estimate of drug-likeness (QED) is 0.752. The summed E-state index contributed by atoms with van der Waals surface area (Å²) in [5.74, 6) is -1.31. The van der Waals surface area contributed by atoms with Crippen molar-refractivity contribution in [1.29, 1.82) is 0 Å². The Hall–Kier alpha value is -2.94. The zero-order valence-corrected chi connectivity index (χ0v) is 13.3. The van der Waals surface area contributed by atoms with E-state index in [-0.39, 0.29) is 16.5 Å². The van der Waals surface area contributed by atoms with Crippen molar-refractivity contribution in [3.63, 3.8) is 0 Å². The molecule has 0 spiro atoms. The van der Waals surface area contributed by atoms with Crippen molar-refractivity contribution in [1.82, 2.24) is 14.8 Å². The van der Waals surface area contributed by atoms with Gasteiger partial charge in [-0.15, -0.1) is 11.3 Å². The van der Waals surface area contributed by atoms with E-state index in [4.69, 9.17) is 5.11 Å². The first kappa shape index (κ1) is 16.9. The van der Waals surface area contributed by atoms with E-state index in [1.54, 1.807) is 18.2 Å². The molecule has 25 heavy (non-hydrogen) atoms. The predicted molar refractivity (Wildman–Crippen MR) is 86.6 cm³/mol. The van der Waals surface area contributed by atoms with Crippen LogP contribution in [0.15, 0.2) is 41.8 Å². The average Bonchev–Trinajstić information content (AvgIpc) is 3.20. The molecule has 0 saturated carbocycles. The van der Waals surface area contributed by atoms with E-state index < -0.39 is 17.8 Å². The molecule has 2 aromatic heterocycles. The molecule has 0 amide bonds. The number of carboxylic acids is 1. The van der Waals surface area contributed by atoms with Crippen molar-refractivity contribution in [2.24, 2.45) is 0 Å². The van der Waals surface area contributed by atoms with Gasteiger partial charge in [-0.2, -0.15) is 18.3 Å².